The number of nitrogens with one attached hydrogen (secondary N) is 1. The van der Waals surface area contributed by atoms with Gasteiger partial charge in [0.2, 0.25) is 0 Å². The van der Waals surface area contributed by atoms with Crippen molar-refractivity contribution in [2.45, 2.75) is 13.5 Å². The molecule has 7 nitrogen and oxygen atoms in total. The summed E-state index contributed by atoms with van der Waals surface area (Å²) in [5, 5.41) is 18.0. The number of rotatable bonds is 7. The highest BCUT2D eigenvalue weighted by Gasteiger charge is 2.09. The first kappa shape index (κ1) is 19.6. The van der Waals surface area contributed by atoms with Gasteiger partial charge >= 0.3 is 0 Å². The topological polar surface area (TPSA) is 88.7 Å². The third-order valence-electron chi connectivity index (χ3n) is 3.79. The van der Waals surface area contributed by atoms with Crippen molar-refractivity contribution in [3.8, 4) is 11.5 Å². The zero-order valence-corrected chi connectivity index (χ0v) is 16.8. The maximum absolute atomic E-state index is 12.2. The Morgan fingerprint density at radius 2 is 2.07 bits per heavy atom. The van der Waals surface area contributed by atoms with Crippen LogP contribution >= 0.6 is 15.9 Å². The summed E-state index contributed by atoms with van der Waals surface area (Å²) in [4.78, 5) is 12.2. The van der Waals surface area contributed by atoms with Gasteiger partial charge in [-0.05, 0) is 54.4 Å². The first-order valence-corrected chi connectivity index (χ1v) is 9.41. The van der Waals surface area contributed by atoms with E-state index in [4.69, 9.17) is 4.74 Å². The van der Waals surface area contributed by atoms with E-state index < -0.39 is 5.91 Å². The number of phenolic OH excluding ortho intramolecular Hbond substituents is 1. The number of benzene rings is 2. The maximum Gasteiger partial charge on any atom is 0.291 e. The van der Waals surface area contributed by atoms with Crippen LogP contribution in [-0.2, 0) is 6.54 Å². The van der Waals surface area contributed by atoms with E-state index in [-0.39, 0.29) is 11.4 Å². The molecule has 0 unspecified atom stereocenters. The number of nitrogens with zero attached hydrogens (tertiary/aromatic N) is 3. The molecule has 0 spiro atoms. The second-order valence-electron chi connectivity index (χ2n) is 5.88. The zero-order valence-electron chi connectivity index (χ0n) is 15.2. The molecular formula is C20H19BrN4O3. The molecule has 28 heavy (non-hydrogen) atoms. The molecule has 8 heteroatoms. The lowest BCUT2D eigenvalue weighted by Gasteiger charge is -2.05. The number of carbonyl (C=O) groups excluding carboxylic acids is 1. The van der Waals surface area contributed by atoms with Crippen LogP contribution < -0.4 is 10.2 Å². The molecule has 0 bridgehead atoms. The van der Waals surface area contributed by atoms with E-state index in [0.29, 0.717) is 24.5 Å². The van der Waals surface area contributed by atoms with Crippen molar-refractivity contribution in [3.63, 3.8) is 0 Å². The lowest BCUT2D eigenvalue weighted by Crippen LogP contribution is -2.18. The van der Waals surface area contributed by atoms with Crippen LogP contribution in [0.2, 0.25) is 0 Å². The lowest BCUT2D eigenvalue weighted by molar-refractivity contribution is 0.0949. The number of aromatic hydroxyl groups is 1. The molecule has 0 saturated carbocycles. The Hall–Kier alpha value is -3.13. The smallest absolute Gasteiger partial charge is 0.291 e. The SMILES string of the molecule is CCOc1ccc(/C=N/NC(=O)c2ccn(Cc3ccc(Br)cc3)n2)cc1O. The Labute approximate surface area is 170 Å². The average Bonchev–Trinajstić information content (AvgIpc) is 3.14. The number of carbonyl (C=O) groups is 1. The van der Waals surface area contributed by atoms with Gasteiger partial charge in [-0.15, -0.1) is 0 Å². The predicted molar refractivity (Wildman–Crippen MR) is 110 cm³/mol. The van der Waals surface area contributed by atoms with E-state index in [1.165, 1.54) is 12.3 Å². The van der Waals surface area contributed by atoms with Crippen LogP contribution in [-0.4, -0.2) is 33.6 Å². The number of hydrazone groups is 1. The minimum absolute atomic E-state index is 0.0174. The monoisotopic (exact) mass is 442 g/mol. The molecule has 1 amide bonds. The molecule has 1 aromatic heterocycles. The summed E-state index contributed by atoms with van der Waals surface area (Å²) in [5.41, 5.74) is 4.40. The third kappa shape index (κ3) is 5.20. The van der Waals surface area contributed by atoms with Crippen molar-refractivity contribution in [3.05, 3.63) is 76.0 Å². The highest BCUT2D eigenvalue weighted by atomic mass is 79.9. The summed E-state index contributed by atoms with van der Waals surface area (Å²) in [5.74, 6) is 0.00442. The molecule has 0 aliphatic rings. The molecule has 0 aliphatic carbocycles. The van der Waals surface area contributed by atoms with Gasteiger partial charge in [0.1, 0.15) is 0 Å². The van der Waals surface area contributed by atoms with Crippen molar-refractivity contribution < 1.29 is 14.6 Å². The number of ether oxygens (including phenoxy) is 1. The molecule has 3 aromatic rings. The standard InChI is InChI=1S/C20H19BrN4O3/c1-2-28-19-8-5-15(11-18(19)26)12-22-23-20(27)17-9-10-25(24-17)13-14-3-6-16(21)7-4-14/h3-12,26H,2,13H2,1H3,(H,23,27)/b22-12+. The van der Waals surface area contributed by atoms with E-state index in [2.05, 4.69) is 31.6 Å². The first-order chi connectivity index (χ1) is 13.5. The van der Waals surface area contributed by atoms with Crippen molar-refractivity contribution >= 4 is 28.1 Å². The summed E-state index contributed by atoms with van der Waals surface area (Å²) in [7, 11) is 0. The van der Waals surface area contributed by atoms with E-state index in [1.807, 2.05) is 31.2 Å². The Morgan fingerprint density at radius 3 is 2.79 bits per heavy atom. The fourth-order valence-corrected chi connectivity index (χ4v) is 2.73. The quantitative estimate of drug-likeness (QED) is 0.432. The number of halogens is 1. The van der Waals surface area contributed by atoms with Crippen molar-refractivity contribution in [1.82, 2.24) is 15.2 Å². The predicted octanol–water partition coefficient (Wildman–Crippen LogP) is 3.56. The second kappa shape index (κ2) is 9.18. The van der Waals surface area contributed by atoms with Gasteiger partial charge in [-0.2, -0.15) is 10.2 Å². The van der Waals surface area contributed by atoms with Crippen LogP contribution in [0, 0.1) is 0 Å². The van der Waals surface area contributed by atoms with Crippen LogP contribution in [0.15, 0.2) is 64.3 Å². The number of hydrogen-bond donors (Lipinski definition) is 2. The molecule has 0 atom stereocenters. The van der Waals surface area contributed by atoms with E-state index >= 15 is 0 Å². The van der Waals surface area contributed by atoms with Crippen LogP contribution in [0.3, 0.4) is 0 Å². The van der Waals surface area contributed by atoms with Crippen molar-refractivity contribution in [1.29, 1.82) is 0 Å². The zero-order chi connectivity index (χ0) is 19.9. The van der Waals surface area contributed by atoms with Gasteiger partial charge in [0.05, 0.1) is 19.4 Å². The molecule has 0 aliphatic heterocycles. The summed E-state index contributed by atoms with van der Waals surface area (Å²) in [6.07, 6.45) is 3.18. The van der Waals surface area contributed by atoms with Gasteiger partial charge in [0.25, 0.3) is 5.91 Å². The van der Waals surface area contributed by atoms with Crippen LogP contribution in [0.25, 0.3) is 0 Å². The van der Waals surface area contributed by atoms with Crippen LogP contribution in [0.5, 0.6) is 11.5 Å². The van der Waals surface area contributed by atoms with Gasteiger partial charge in [-0.1, -0.05) is 28.1 Å². The summed E-state index contributed by atoms with van der Waals surface area (Å²) < 4.78 is 7.96. The van der Waals surface area contributed by atoms with Crippen molar-refractivity contribution in [2.24, 2.45) is 5.10 Å². The van der Waals surface area contributed by atoms with Crippen LogP contribution in [0.4, 0.5) is 0 Å². The second-order valence-corrected chi connectivity index (χ2v) is 6.80. The van der Waals surface area contributed by atoms with E-state index in [1.54, 1.807) is 29.1 Å². The lowest BCUT2D eigenvalue weighted by atomic mass is 10.2. The summed E-state index contributed by atoms with van der Waals surface area (Å²) in [6.45, 7) is 2.87. The van der Waals surface area contributed by atoms with Gasteiger partial charge in [0.15, 0.2) is 17.2 Å². The number of amides is 1. The largest absolute Gasteiger partial charge is 0.504 e. The average molecular weight is 443 g/mol. The normalized spacial score (nSPS) is 10.9. The van der Waals surface area contributed by atoms with Gasteiger partial charge in [-0.3, -0.25) is 9.48 Å². The number of aromatic nitrogens is 2. The Balaban J connectivity index is 1.57. The maximum atomic E-state index is 12.2. The molecule has 0 saturated heterocycles. The first-order valence-electron chi connectivity index (χ1n) is 8.62. The third-order valence-corrected chi connectivity index (χ3v) is 4.32. The highest BCUT2D eigenvalue weighted by Crippen LogP contribution is 2.26. The van der Waals surface area contributed by atoms with Crippen LogP contribution in [0.1, 0.15) is 28.5 Å². The number of phenols is 1. The molecule has 1 heterocycles. The van der Waals surface area contributed by atoms with Gasteiger partial charge in [-0.25, -0.2) is 5.43 Å². The van der Waals surface area contributed by atoms with Gasteiger partial charge in [0, 0.05) is 10.7 Å². The fraction of sp³-hybridized carbons (Fsp3) is 0.150. The fourth-order valence-electron chi connectivity index (χ4n) is 2.46. The molecule has 0 fully saturated rings. The minimum Gasteiger partial charge on any atom is -0.504 e. The Bertz CT molecular complexity index is 983. The highest BCUT2D eigenvalue weighted by molar-refractivity contribution is 9.10. The molecule has 144 valence electrons. The Morgan fingerprint density at radius 1 is 1.29 bits per heavy atom. The van der Waals surface area contributed by atoms with Gasteiger partial charge < -0.3 is 9.84 Å². The number of hydrogen-bond acceptors (Lipinski definition) is 5. The molecule has 3 rings (SSSR count). The Kier molecular flexibility index (Phi) is 6.44. The molecule has 2 N–H and O–H groups in total. The summed E-state index contributed by atoms with van der Waals surface area (Å²) >= 11 is 3.40. The molecule has 2 aromatic carbocycles. The molecular weight excluding hydrogens is 424 g/mol. The van der Waals surface area contributed by atoms with E-state index in [0.717, 1.165) is 10.0 Å². The van der Waals surface area contributed by atoms with Crippen molar-refractivity contribution in [2.75, 3.05) is 6.61 Å². The van der Waals surface area contributed by atoms with E-state index in [9.17, 15) is 9.90 Å². The molecule has 0 radical (unpaired) electrons. The summed E-state index contributed by atoms with van der Waals surface area (Å²) in [6, 6.07) is 14.4. The minimum atomic E-state index is -0.416.